The minimum absolute atomic E-state index is 0.146. The standard InChI is InChI=1S/C23H30F2N4O2/c1-2-26-23(28-16-19-8-5-6-10-21(19)31-22(24)25)27-15-18-7-3-4-9-20(18)17-29-11-13-30-14-12-29/h3-10,22H,2,11-17H2,1H3,(H2,26,27,28). The molecule has 0 spiro atoms. The summed E-state index contributed by atoms with van der Waals surface area (Å²) in [6.45, 7) is 4.95. The number of benzene rings is 2. The van der Waals surface area contributed by atoms with E-state index in [2.05, 4.69) is 43.5 Å². The van der Waals surface area contributed by atoms with E-state index in [-0.39, 0.29) is 12.3 Å². The monoisotopic (exact) mass is 432 g/mol. The fourth-order valence-corrected chi connectivity index (χ4v) is 3.41. The molecule has 2 aromatic carbocycles. The molecule has 3 rings (SSSR count). The minimum Gasteiger partial charge on any atom is -0.434 e. The van der Waals surface area contributed by atoms with Crippen molar-refractivity contribution in [3.8, 4) is 5.75 Å². The van der Waals surface area contributed by atoms with Gasteiger partial charge in [0.05, 0.1) is 19.8 Å². The summed E-state index contributed by atoms with van der Waals surface area (Å²) in [5.74, 6) is 0.767. The topological polar surface area (TPSA) is 58.1 Å². The summed E-state index contributed by atoms with van der Waals surface area (Å²) < 4.78 is 35.3. The van der Waals surface area contributed by atoms with Crippen molar-refractivity contribution in [3.63, 3.8) is 0 Å². The lowest BCUT2D eigenvalue weighted by Gasteiger charge is -2.27. The molecule has 1 saturated heterocycles. The van der Waals surface area contributed by atoms with E-state index in [1.54, 1.807) is 18.2 Å². The second-order valence-corrected chi connectivity index (χ2v) is 7.19. The summed E-state index contributed by atoms with van der Waals surface area (Å²) in [4.78, 5) is 6.95. The normalized spacial score (nSPS) is 15.2. The average molecular weight is 433 g/mol. The largest absolute Gasteiger partial charge is 0.434 e. The lowest BCUT2D eigenvalue weighted by atomic mass is 10.1. The van der Waals surface area contributed by atoms with Crippen LogP contribution in [0.4, 0.5) is 8.78 Å². The molecule has 2 N–H and O–H groups in total. The molecule has 6 nitrogen and oxygen atoms in total. The van der Waals surface area contributed by atoms with E-state index in [0.717, 1.165) is 32.8 Å². The number of morpholine rings is 1. The van der Waals surface area contributed by atoms with Gasteiger partial charge in [-0.3, -0.25) is 4.90 Å². The number of para-hydroxylation sites is 1. The molecule has 0 unspecified atom stereocenters. The Kier molecular flexibility index (Phi) is 9.05. The smallest absolute Gasteiger partial charge is 0.387 e. The van der Waals surface area contributed by atoms with E-state index in [9.17, 15) is 8.78 Å². The molecular weight excluding hydrogens is 402 g/mol. The van der Waals surface area contributed by atoms with Crippen LogP contribution < -0.4 is 15.4 Å². The van der Waals surface area contributed by atoms with E-state index in [1.807, 2.05) is 13.0 Å². The van der Waals surface area contributed by atoms with Crippen molar-refractivity contribution < 1.29 is 18.3 Å². The number of nitrogens with zero attached hydrogens (tertiary/aromatic N) is 2. The van der Waals surface area contributed by atoms with E-state index in [0.29, 0.717) is 24.6 Å². The minimum atomic E-state index is -2.86. The number of aliphatic imine (C=N–C) groups is 1. The summed E-state index contributed by atoms with van der Waals surface area (Å²) in [7, 11) is 0. The Balaban J connectivity index is 1.65. The Hall–Kier alpha value is -2.71. The number of nitrogens with one attached hydrogen (secondary N) is 2. The first kappa shape index (κ1) is 23.0. The lowest BCUT2D eigenvalue weighted by molar-refractivity contribution is -0.0504. The van der Waals surface area contributed by atoms with Gasteiger partial charge in [0.25, 0.3) is 0 Å². The highest BCUT2D eigenvalue weighted by Crippen LogP contribution is 2.21. The Morgan fingerprint density at radius 1 is 1.03 bits per heavy atom. The molecule has 1 aliphatic rings. The zero-order valence-electron chi connectivity index (χ0n) is 17.8. The Morgan fingerprint density at radius 3 is 2.42 bits per heavy atom. The van der Waals surface area contributed by atoms with E-state index in [1.165, 1.54) is 17.2 Å². The second kappa shape index (κ2) is 12.2. The molecule has 0 atom stereocenters. The summed E-state index contributed by atoms with van der Waals surface area (Å²) in [5, 5.41) is 6.56. The van der Waals surface area contributed by atoms with E-state index >= 15 is 0 Å². The molecule has 0 bridgehead atoms. The summed E-state index contributed by atoms with van der Waals surface area (Å²) in [6, 6.07) is 15.1. The van der Waals surface area contributed by atoms with Crippen LogP contribution in [0.1, 0.15) is 23.6 Å². The van der Waals surface area contributed by atoms with Gasteiger partial charge in [-0.05, 0) is 24.1 Å². The molecule has 0 saturated carbocycles. The van der Waals surface area contributed by atoms with Gasteiger partial charge < -0.3 is 20.1 Å². The summed E-state index contributed by atoms with van der Waals surface area (Å²) >= 11 is 0. The maximum atomic E-state index is 12.6. The van der Waals surface area contributed by atoms with Crippen molar-refractivity contribution in [2.24, 2.45) is 4.99 Å². The number of alkyl halides is 2. The molecular formula is C23H30F2N4O2. The molecule has 8 heteroatoms. The summed E-state index contributed by atoms with van der Waals surface area (Å²) in [5.41, 5.74) is 3.07. The third kappa shape index (κ3) is 7.48. The van der Waals surface area contributed by atoms with Gasteiger partial charge in [0.2, 0.25) is 0 Å². The number of halogens is 2. The van der Waals surface area contributed by atoms with Gasteiger partial charge >= 0.3 is 6.61 Å². The van der Waals surface area contributed by atoms with Crippen LogP contribution >= 0.6 is 0 Å². The quantitative estimate of drug-likeness (QED) is 0.470. The molecule has 2 aromatic rings. The fraction of sp³-hybridized carbons (Fsp3) is 0.435. The van der Waals surface area contributed by atoms with Gasteiger partial charge in [-0.15, -0.1) is 0 Å². The van der Waals surface area contributed by atoms with Crippen molar-refractivity contribution in [1.29, 1.82) is 0 Å². The molecule has 31 heavy (non-hydrogen) atoms. The van der Waals surface area contributed by atoms with Crippen LogP contribution in [0.3, 0.4) is 0 Å². The highest BCUT2D eigenvalue weighted by Gasteiger charge is 2.13. The molecule has 0 radical (unpaired) electrons. The molecule has 0 aliphatic carbocycles. The fourth-order valence-electron chi connectivity index (χ4n) is 3.41. The van der Waals surface area contributed by atoms with Crippen molar-refractivity contribution in [2.75, 3.05) is 32.8 Å². The molecule has 168 valence electrons. The van der Waals surface area contributed by atoms with Crippen LogP contribution in [0.15, 0.2) is 53.5 Å². The van der Waals surface area contributed by atoms with Crippen molar-refractivity contribution in [1.82, 2.24) is 15.5 Å². The summed E-state index contributed by atoms with van der Waals surface area (Å²) in [6.07, 6.45) is 0. The zero-order valence-corrected chi connectivity index (χ0v) is 17.8. The predicted octanol–water partition coefficient (Wildman–Crippen LogP) is 3.38. The Morgan fingerprint density at radius 2 is 1.71 bits per heavy atom. The number of rotatable bonds is 9. The van der Waals surface area contributed by atoms with E-state index < -0.39 is 6.61 Å². The van der Waals surface area contributed by atoms with Crippen LogP contribution in [-0.4, -0.2) is 50.3 Å². The third-order valence-electron chi connectivity index (χ3n) is 5.00. The van der Waals surface area contributed by atoms with E-state index in [4.69, 9.17) is 4.74 Å². The predicted molar refractivity (Wildman–Crippen MR) is 117 cm³/mol. The average Bonchev–Trinajstić information content (AvgIpc) is 2.78. The molecule has 0 aromatic heterocycles. The van der Waals surface area contributed by atoms with Gasteiger partial charge in [0.1, 0.15) is 5.75 Å². The van der Waals surface area contributed by atoms with Gasteiger partial charge in [0, 0.05) is 38.3 Å². The lowest BCUT2D eigenvalue weighted by Crippen LogP contribution is -2.38. The molecule has 0 amide bonds. The number of guanidine groups is 1. The molecule has 1 fully saturated rings. The van der Waals surface area contributed by atoms with Crippen LogP contribution in [-0.2, 0) is 24.4 Å². The Labute approximate surface area is 182 Å². The Bertz CT molecular complexity index is 842. The van der Waals surface area contributed by atoms with Crippen molar-refractivity contribution in [2.45, 2.75) is 33.2 Å². The van der Waals surface area contributed by atoms with Crippen LogP contribution in [0.2, 0.25) is 0 Å². The first-order chi connectivity index (χ1) is 15.2. The van der Waals surface area contributed by atoms with Gasteiger partial charge in [-0.1, -0.05) is 42.5 Å². The van der Waals surface area contributed by atoms with Crippen molar-refractivity contribution >= 4 is 5.96 Å². The van der Waals surface area contributed by atoms with Gasteiger partial charge in [-0.25, -0.2) is 4.99 Å². The highest BCUT2D eigenvalue weighted by molar-refractivity contribution is 5.79. The van der Waals surface area contributed by atoms with Crippen molar-refractivity contribution in [3.05, 3.63) is 65.2 Å². The van der Waals surface area contributed by atoms with Gasteiger partial charge in [0.15, 0.2) is 5.96 Å². The maximum absolute atomic E-state index is 12.6. The number of hydrogen-bond donors (Lipinski definition) is 2. The van der Waals surface area contributed by atoms with Crippen LogP contribution in [0, 0.1) is 0 Å². The first-order valence-electron chi connectivity index (χ1n) is 10.6. The molecule has 1 heterocycles. The number of ether oxygens (including phenoxy) is 2. The van der Waals surface area contributed by atoms with Gasteiger partial charge in [-0.2, -0.15) is 8.78 Å². The number of hydrogen-bond acceptors (Lipinski definition) is 4. The highest BCUT2D eigenvalue weighted by atomic mass is 19.3. The first-order valence-corrected chi connectivity index (χ1v) is 10.6. The SMILES string of the molecule is CCNC(=NCc1ccccc1OC(F)F)NCc1ccccc1CN1CCOCC1. The second-order valence-electron chi connectivity index (χ2n) is 7.19. The maximum Gasteiger partial charge on any atom is 0.387 e. The van der Waals surface area contributed by atoms with Crippen LogP contribution in [0.25, 0.3) is 0 Å². The third-order valence-corrected chi connectivity index (χ3v) is 5.00. The molecule has 1 aliphatic heterocycles. The van der Waals surface area contributed by atoms with Crippen LogP contribution in [0.5, 0.6) is 5.75 Å². The zero-order chi connectivity index (χ0) is 21.9.